The number of alkyl halides is 6. The molecule has 0 aliphatic rings. The highest BCUT2D eigenvalue weighted by Crippen LogP contribution is 2.36. The molecule has 17 heteroatoms. The number of benzene rings is 2. The molecule has 1 amide bonds. The largest absolute Gasteiger partial charge is 0.497 e. The fraction of sp³-hybridized carbons (Fsp3) is 0.167. The van der Waals surface area contributed by atoms with Gasteiger partial charge in [0.15, 0.2) is 11.4 Å². The predicted octanol–water partition coefficient (Wildman–Crippen LogP) is 4.85. The molecule has 188 valence electrons. The first-order chi connectivity index (χ1) is 16.1. The van der Waals surface area contributed by atoms with Gasteiger partial charge in [-0.05, 0) is 46.3 Å². The molecule has 0 saturated heterocycles. The number of hydrogen-bond donors (Lipinski definition) is 1. The molecule has 0 aliphatic carbocycles. The SMILES string of the molecule is COc1ccc(-n2nnc(C(=O)NS(=O)(=O)c3cc(C(F)(F)F)ccc3Br)c2C(F)(F)F)c(Cl)c1. The summed E-state index contributed by atoms with van der Waals surface area (Å²) in [5.74, 6) is -1.69. The van der Waals surface area contributed by atoms with E-state index >= 15 is 0 Å². The quantitative estimate of drug-likeness (QED) is 0.416. The lowest BCUT2D eigenvalue weighted by molar-refractivity contribution is -0.143. The van der Waals surface area contributed by atoms with Gasteiger partial charge in [-0.15, -0.1) is 5.10 Å². The van der Waals surface area contributed by atoms with Crippen LogP contribution in [0.15, 0.2) is 45.8 Å². The molecular formula is C18H10BrClF6N4O4S. The van der Waals surface area contributed by atoms with E-state index in [-0.39, 0.29) is 31.7 Å². The second-order valence-corrected chi connectivity index (χ2v) is 9.50. The number of carbonyl (C=O) groups excluding carboxylic acids is 1. The minimum atomic E-state index is -5.28. The van der Waals surface area contributed by atoms with E-state index in [2.05, 4.69) is 26.2 Å². The Morgan fingerprint density at radius 1 is 1.09 bits per heavy atom. The summed E-state index contributed by atoms with van der Waals surface area (Å²) in [6.07, 6.45) is -10.2. The molecule has 35 heavy (non-hydrogen) atoms. The molecule has 0 unspecified atom stereocenters. The van der Waals surface area contributed by atoms with Crippen molar-refractivity contribution >= 4 is 43.5 Å². The van der Waals surface area contributed by atoms with Crippen LogP contribution in [0.2, 0.25) is 5.02 Å². The molecule has 0 fully saturated rings. The van der Waals surface area contributed by atoms with Crippen LogP contribution in [0.4, 0.5) is 26.3 Å². The zero-order chi connectivity index (χ0) is 26.3. The maximum atomic E-state index is 13.8. The maximum Gasteiger partial charge on any atom is 0.435 e. The van der Waals surface area contributed by atoms with E-state index in [0.29, 0.717) is 6.07 Å². The number of nitrogens with one attached hydrogen (secondary N) is 1. The summed E-state index contributed by atoms with van der Waals surface area (Å²) in [4.78, 5) is 11.5. The number of ether oxygens (including phenoxy) is 1. The average molecular weight is 608 g/mol. The fourth-order valence-electron chi connectivity index (χ4n) is 2.76. The number of sulfonamides is 1. The Bertz CT molecular complexity index is 1410. The number of hydrogen-bond acceptors (Lipinski definition) is 6. The van der Waals surface area contributed by atoms with Crippen molar-refractivity contribution in [2.45, 2.75) is 17.2 Å². The van der Waals surface area contributed by atoms with Crippen molar-refractivity contribution in [2.24, 2.45) is 0 Å². The van der Waals surface area contributed by atoms with Crippen LogP contribution in [-0.2, 0) is 22.4 Å². The predicted molar refractivity (Wildman–Crippen MR) is 112 cm³/mol. The smallest absolute Gasteiger partial charge is 0.435 e. The van der Waals surface area contributed by atoms with Crippen molar-refractivity contribution in [2.75, 3.05) is 7.11 Å². The van der Waals surface area contributed by atoms with E-state index in [1.165, 1.54) is 17.9 Å². The molecule has 3 aromatic rings. The van der Waals surface area contributed by atoms with E-state index in [4.69, 9.17) is 16.3 Å². The van der Waals surface area contributed by atoms with Gasteiger partial charge in [-0.3, -0.25) is 4.79 Å². The number of methoxy groups -OCH3 is 1. The Morgan fingerprint density at radius 2 is 1.74 bits per heavy atom. The first-order valence-corrected chi connectivity index (χ1v) is 11.5. The van der Waals surface area contributed by atoms with Gasteiger partial charge >= 0.3 is 12.4 Å². The second kappa shape index (κ2) is 9.31. The normalized spacial score (nSPS) is 12.5. The summed E-state index contributed by atoms with van der Waals surface area (Å²) in [5.41, 5.74) is -4.98. The minimum absolute atomic E-state index is 0.170. The summed E-state index contributed by atoms with van der Waals surface area (Å²) in [7, 11) is -3.80. The van der Waals surface area contributed by atoms with Crippen LogP contribution in [0.1, 0.15) is 21.7 Å². The van der Waals surface area contributed by atoms with Crippen molar-refractivity contribution in [3.05, 3.63) is 62.8 Å². The number of nitrogens with zero attached hydrogens (tertiary/aromatic N) is 3. The van der Waals surface area contributed by atoms with Crippen LogP contribution < -0.4 is 9.46 Å². The van der Waals surface area contributed by atoms with Crippen molar-refractivity contribution in [3.63, 3.8) is 0 Å². The molecular weight excluding hydrogens is 598 g/mol. The second-order valence-electron chi connectivity index (χ2n) is 6.59. The van der Waals surface area contributed by atoms with E-state index in [0.717, 1.165) is 18.2 Å². The third-order valence-corrected chi connectivity index (χ3v) is 6.94. The summed E-state index contributed by atoms with van der Waals surface area (Å²) in [6, 6.07) is 5.02. The van der Waals surface area contributed by atoms with Crippen molar-refractivity contribution in [1.29, 1.82) is 0 Å². The minimum Gasteiger partial charge on any atom is -0.497 e. The monoisotopic (exact) mass is 606 g/mol. The highest BCUT2D eigenvalue weighted by Gasteiger charge is 2.43. The molecule has 2 aromatic carbocycles. The molecule has 8 nitrogen and oxygen atoms in total. The van der Waals surface area contributed by atoms with Crippen LogP contribution in [0.5, 0.6) is 5.75 Å². The van der Waals surface area contributed by atoms with Crippen LogP contribution in [-0.4, -0.2) is 36.4 Å². The molecule has 1 N–H and O–H groups in total. The molecule has 0 saturated carbocycles. The summed E-state index contributed by atoms with van der Waals surface area (Å²) >= 11 is 8.72. The molecule has 0 atom stereocenters. The van der Waals surface area contributed by atoms with E-state index in [1.807, 2.05) is 0 Å². The van der Waals surface area contributed by atoms with Crippen molar-refractivity contribution in [1.82, 2.24) is 19.7 Å². The van der Waals surface area contributed by atoms with Gasteiger partial charge in [0, 0.05) is 10.5 Å². The zero-order valence-corrected chi connectivity index (χ0v) is 20.0. The Hall–Kier alpha value is -2.85. The molecule has 1 heterocycles. The van der Waals surface area contributed by atoms with E-state index in [9.17, 15) is 39.6 Å². The van der Waals surface area contributed by atoms with E-state index in [1.54, 1.807) is 0 Å². The van der Waals surface area contributed by atoms with Crippen LogP contribution in [0, 0.1) is 0 Å². The highest BCUT2D eigenvalue weighted by atomic mass is 79.9. The third-order valence-electron chi connectivity index (χ3n) is 4.31. The first kappa shape index (κ1) is 26.7. The maximum absolute atomic E-state index is 13.8. The molecule has 0 bridgehead atoms. The van der Waals surface area contributed by atoms with Gasteiger partial charge in [0.05, 0.1) is 23.4 Å². The van der Waals surface area contributed by atoms with Crippen LogP contribution in [0.25, 0.3) is 5.69 Å². The summed E-state index contributed by atoms with van der Waals surface area (Å²) in [5, 5.41) is 6.13. The molecule has 1 aromatic heterocycles. The third kappa shape index (κ3) is 5.54. The standard InChI is InChI=1S/C18H10BrClF6N4O4S/c1-34-9-3-5-12(11(20)7-9)30-15(18(24,25)26)14(27-29-30)16(31)28-35(32,33)13-6-8(17(21,22)23)2-4-10(13)19/h2-7H,1H3,(H,28,31). The Kier molecular flexibility index (Phi) is 7.12. The number of aromatic nitrogens is 3. The molecule has 0 radical (unpaired) electrons. The van der Waals surface area contributed by atoms with Gasteiger partial charge in [0.25, 0.3) is 15.9 Å². The number of halogens is 8. The fourth-order valence-corrected chi connectivity index (χ4v) is 4.95. The molecule has 0 aliphatic heterocycles. The van der Waals surface area contributed by atoms with Gasteiger partial charge in [0.2, 0.25) is 0 Å². The van der Waals surface area contributed by atoms with Crippen LogP contribution in [0.3, 0.4) is 0 Å². The van der Waals surface area contributed by atoms with Gasteiger partial charge in [-0.2, -0.15) is 26.3 Å². The highest BCUT2D eigenvalue weighted by molar-refractivity contribution is 9.10. The topological polar surface area (TPSA) is 103 Å². The lowest BCUT2D eigenvalue weighted by Crippen LogP contribution is -2.33. The van der Waals surface area contributed by atoms with Gasteiger partial charge in [-0.1, -0.05) is 16.8 Å². The summed E-state index contributed by atoms with van der Waals surface area (Å²) < 4.78 is 112. The molecule has 3 rings (SSSR count). The Labute approximate surface area is 206 Å². The van der Waals surface area contributed by atoms with Crippen molar-refractivity contribution in [3.8, 4) is 11.4 Å². The van der Waals surface area contributed by atoms with Gasteiger partial charge < -0.3 is 4.74 Å². The lowest BCUT2D eigenvalue weighted by atomic mass is 10.2. The Balaban J connectivity index is 2.07. The molecule has 0 spiro atoms. The lowest BCUT2D eigenvalue weighted by Gasteiger charge is -2.14. The first-order valence-electron chi connectivity index (χ1n) is 8.87. The number of amides is 1. The average Bonchev–Trinajstić information content (AvgIpc) is 3.18. The van der Waals surface area contributed by atoms with E-state index < -0.39 is 50.1 Å². The van der Waals surface area contributed by atoms with Crippen molar-refractivity contribution < 1.29 is 44.3 Å². The van der Waals surface area contributed by atoms with Crippen LogP contribution >= 0.6 is 27.5 Å². The van der Waals surface area contributed by atoms with Gasteiger partial charge in [0.1, 0.15) is 10.6 Å². The Morgan fingerprint density at radius 3 is 2.29 bits per heavy atom. The number of rotatable bonds is 5. The summed E-state index contributed by atoms with van der Waals surface area (Å²) in [6.45, 7) is 0. The van der Waals surface area contributed by atoms with Gasteiger partial charge in [-0.25, -0.2) is 17.8 Å². The number of carbonyl (C=O) groups is 1. The zero-order valence-electron chi connectivity index (χ0n) is 16.9.